The molecule has 0 aliphatic carbocycles. The van der Waals surface area contributed by atoms with E-state index in [0.717, 1.165) is 19.5 Å². The third-order valence-electron chi connectivity index (χ3n) is 3.98. The number of carbonyl (C=O) groups excluding carboxylic acids is 1. The molecule has 4 heteroatoms. The maximum atomic E-state index is 12.2. The number of nitrogens with two attached hydrogens (primary N) is 1. The summed E-state index contributed by atoms with van der Waals surface area (Å²) in [5.41, 5.74) is 5.76. The van der Waals surface area contributed by atoms with Crippen molar-refractivity contribution in [1.29, 1.82) is 0 Å². The Balaban J connectivity index is 2.25. The Morgan fingerprint density at radius 1 is 1.32 bits per heavy atom. The number of hydrogen-bond acceptors (Lipinski definition) is 3. The number of likely N-dealkylation sites (tertiary alicyclic amines) is 1. The summed E-state index contributed by atoms with van der Waals surface area (Å²) in [6.07, 6.45) is 4.26. The minimum Gasteiger partial charge on any atom is -0.344 e. The van der Waals surface area contributed by atoms with Gasteiger partial charge in [0.2, 0.25) is 5.91 Å². The Morgan fingerprint density at radius 2 is 1.95 bits per heavy atom. The normalized spacial score (nSPS) is 17.9. The lowest BCUT2D eigenvalue weighted by Gasteiger charge is -2.24. The summed E-state index contributed by atoms with van der Waals surface area (Å²) in [6, 6.07) is 0. The molecule has 1 aliphatic heterocycles. The third kappa shape index (κ3) is 6.39. The van der Waals surface area contributed by atoms with Crippen LogP contribution in [-0.2, 0) is 4.79 Å². The number of rotatable bonds is 8. The van der Waals surface area contributed by atoms with Crippen LogP contribution in [0.15, 0.2) is 0 Å². The van der Waals surface area contributed by atoms with Gasteiger partial charge in [0, 0.05) is 26.6 Å². The summed E-state index contributed by atoms with van der Waals surface area (Å²) in [5, 5.41) is 0. The zero-order valence-corrected chi connectivity index (χ0v) is 12.9. The largest absolute Gasteiger partial charge is 0.344 e. The van der Waals surface area contributed by atoms with Gasteiger partial charge in [-0.25, -0.2) is 0 Å². The zero-order valence-electron chi connectivity index (χ0n) is 12.9. The molecule has 0 saturated carbocycles. The van der Waals surface area contributed by atoms with Gasteiger partial charge in [-0.1, -0.05) is 13.8 Å². The monoisotopic (exact) mass is 269 g/mol. The molecule has 1 aliphatic rings. The van der Waals surface area contributed by atoms with Gasteiger partial charge >= 0.3 is 0 Å². The molecule has 0 aromatic heterocycles. The molecule has 0 bridgehead atoms. The van der Waals surface area contributed by atoms with Crippen LogP contribution in [0.3, 0.4) is 0 Å². The van der Waals surface area contributed by atoms with Crippen molar-refractivity contribution < 1.29 is 4.79 Å². The van der Waals surface area contributed by atoms with Crippen LogP contribution in [0.2, 0.25) is 0 Å². The number of carbonyl (C=O) groups is 1. The molecular formula is C15H31N3O. The Hall–Kier alpha value is -0.610. The van der Waals surface area contributed by atoms with E-state index in [2.05, 4.69) is 18.7 Å². The van der Waals surface area contributed by atoms with Crippen LogP contribution in [0.5, 0.6) is 0 Å². The van der Waals surface area contributed by atoms with E-state index in [1.54, 1.807) is 0 Å². The molecule has 0 radical (unpaired) electrons. The number of hydrogen-bond donors (Lipinski definition) is 1. The van der Waals surface area contributed by atoms with E-state index in [1.165, 1.54) is 25.9 Å². The molecule has 0 aromatic carbocycles. The first-order valence-corrected chi connectivity index (χ1v) is 7.69. The minimum absolute atomic E-state index is 0.246. The summed E-state index contributed by atoms with van der Waals surface area (Å²) >= 11 is 0. The van der Waals surface area contributed by atoms with E-state index in [1.807, 2.05) is 11.9 Å². The van der Waals surface area contributed by atoms with Crippen LogP contribution in [0.1, 0.15) is 39.5 Å². The summed E-state index contributed by atoms with van der Waals surface area (Å²) in [7, 11) is 1.92. The highest BCUT2D eigenvalue weighted by atomic mass is 16.2. The van der Waals surface area contributed by atoms with Crippen molar-refractivity contribution in [2.45, 2.75) is 39.5 Å². The highest BCUT2D eigenvalue weighted by molar-refractivity contribution is 5.76. The van der Waals surface area contributed by atoms with Crippen molar-refractivity contribution in [2.75, 3.05) is 39.8 Å². The van der Waals surface area contributed by atoms with Crippen molar-refractivity contribution in [3.05, 3.63) is 0 Å². The second-order valence-electron chi connectivity index (χ2n) is 6.30. The van der Waals surface area contributed by atoms with Gasteiger partial charge in [-0.05, 0) is 50.7 Å². The predicted molar refractivity (Wildman–Crippen MR) is 79.9 cm³/mol. The summed E-state index contributed by atoms with van der Waals surface area (Å²) in [5.74, 6) is 1.19. The van der Waals surface area contributed by atoms with Crippen molar-refractivity contribution in [3.63, 3.8) is 0 Å². The molecule has 1 fully saturated rings. The lowest BCUT2D eigenvalue weighted by molar-refractivity contribution is -0.131. The number of likely N-dealkylation sites (N-methyl/N-ethyl adjacent to an activating group) is 1. The quantitative estimate of drug-likeness (QED) is 0.727. The molecule has 19 heavy (non-hydrogen) atoms. The fourth-order valence-electron chi connectivity index (χ4n) is 2.75. The molecular weight excluding hydrogens is 238 g/mol. The van der Waals surface area contributed by atoms with E-state index in [0.29, 0.717) is 24.8 Å². The molecule has 1 saturated heterocycles. The van der Waals surface area contributed by atoms with Crippen molar-refractivity contribution in [3.8, 4) is 0 Å². The van der Waals surface area contributed by atoms with Crippen LogP contribution < -0.4 is 5.73 Å². The molecule has 2 N–H and O–H groups in total. The summed E-state index contributed by atoms with van der Waals surface area (Å²) in [6.45, 7) is 9.23. The molecule has 112 valence electrons. The average Bonchev–Trinajstić information content (AvgIpc) is 2.87. The van der Waals surface area contributed by atoms with Crippen LogP contribution in [0, 0.1) is 11.8 Å². The summed E-state index contributed by atoms with van der Waals surface area (Å²) in [4.78, 5) is 16.5. The second-order valence-corrected chi connectivity index (χ2v) is 6.30. The van der Waals surface area contributed by atoms with Crippen molar-refractivity contribution in [2.24, 2.45) is 17.6 Å². The van der Waals surface area contributed by atoms with Gasteiger partial charge in [0.1, 0.15) is 0 Å². The minimum atomic E-state index is 0.246. The van der Waals surface area contributed by atoms with E-state index in [9.17, 15) is 4.79 Å². The highest BCUT2D eigenvalue weighted by Crippen LogP contribution is 2.15. The highest BCUT2D eigenvalue weighted by Gasteiger charge is 2.18. The molecule has 1 heterocycles. The van der Waals surface area contributed by atoms with Crippen LogP contribution in [0.4, 0.5) is 0 Å². The van der Waals surface area contributed by atoms with E-state index in [-0.39, 0.29) is 5.91 Å². The molecule has 1 rings (SSSR count). The Morgan fingerprint density at radius 3 is 2.47 bits per heavy atom. The Bertz CT molecular complexity index is 262. The van der Waals surface area contributed by atoms with Crippen molar-refractivity contribution >= 4 is 5.91 Å². The van der Waals surface area contributed by atoms with Crippen molar-refractivity contribution in [1.82, 2.24) is 9.80 Å². The maximum absolute atomic E-state index is 12.2. The SMILES string of the molecule is CC(C)CC(CN)CC(=O)N(C)CCN1CCCC1. The fraction of sp³-hybridized carbons (Fsp3) is 0.933. The summed E-state index contributed by atoms with van der Waals surface area (Å²) < 4.78 is 0. The predicted octanol–water partition coefficient (Wildman–Crippen LogP) is 1.55. The van der Waals surface area contributed by atoms with Gasteiger partial charge in [-0.2, -0.15) is 0 Å². The van der Waals surface area contributed by atoms with E-state index in [4.69, 9.17) is 5.73 Å². The second kappa shape index (κ2) is 8.54. The van der Waals surface area contributed by atoms with Crippen LogP contribution in [-0.4, -0.2) is 55.5 Å². The zero-order chi connectivity index (χ0) is 14.3. The van der Waals surface area contributed by atoms with Crippen LogP contribution in [0.25, 0.3) is 0 Å². The number of nitrogens with zero attached hydrogens (tertiary/aromatic N) is 2. The smallest absolute Gasteiger partial charge is 0.222 e. The van der Waals surface area contributed by atoms with Gasteiger partial charge in [0.15, 0.2) is 0 Å². The van der Waals surface area contributed by atoms with E-state index < -0.39 is 0 Å². The molecule has 1 atom stereocenters. The van der Waals surface area contributed by atoms with Gasteiger partial charge in [-0.3, -0.25) is 4.79 Å². The van der Waals surface area contributed by atoms with Gasteiger partial charge in [-0.15, -0.1) is 0 Å². The van der Waals surface area contributed by atoms with Gasteiger partial charge in [0.25, 0.3) is 0 Å². The maximum Gasteiger partial charge on any atom is 0.222 e. The fourth-order valence-corrected chi connectivity index (χ4v) is 2.75. The first kappa shape index (κ1) is 16.4. The van der Waals surface area contributed by atoms with Gasteiger partial charge in [0.05, 0.1) is 0 Å². The Labute approximate surface area is 118 Å². The lowest BCUT2D eigenvalue weighted by atomic mass is 9.94. The third-order valence-corrected chi connectivity index (χ3v) is 3.98. The molecule has 1 unspecified atom stereocenters. The number of amides is 1. The molecule has 0 spiro atoms. The Kier molecular flexibility index (Phi) is 7.39. The standard InChI is InChI=1S/C15H31N3O/c1-13(2)10-14(12-16)11-15(19)17(3)8-9-18-6-4-5-7-18/h13-14H,4-12,16H2,1-3H3. The van der Waals surface area contributed by atoms with Crippen LogP contribution >= 0.6 is 0 Å². The molecule has 1 amide bonds. The molecule has 4 nitrogen and oxygen atoms in total. The lowest BCUT2D eigenvalue weighted by Crippen LogP contribution is -2.36. The average molecular weight is 269 g/mol. The topological polar surface area (TPSA) is 49.6 Å². The first-order valence-electron chi connectivity index (χ1n) is 7.69. The van der Waals surface area contributed by atoms with E-state index >= 15 is 0 Å². The molecule has 0 aromatic rings. The first-order chi connectivity index (χ1) is 9.02. The van der Waals surface area contributed by atoms with Gasteiger partial charge < -0.3 is 15.5 Å².